The van der Waals surface area contributed by atoms with Crippen molar-refractivity contribution in [2.24, 2.45) is 5.73 Å². The Hall–Kier alpha value is -3.46. The number of nitrogens with one attached hydrogen (secondary N) is 1. The summed E-state index contributed by atoms with van der Waals surface area (Å²) in [6.45, 7) is 0.525. The molecule has 1 aromatic heterocycles. The van der Waals surface area contributed by atoms with Gasteiger partial charge in [0.05, 0.1) is 7.11 Å². The smallest absolute Gasteiger partial charge is 0.322 e. The first-order valence-corrected chi connectivity index (χ1v) is 10.2. The van der Waals surface area contributed by atoms with Crippen molar-refractivity contribution in [3.05, 3.63) is 48.0 Å². The van der Waals surface area contributed by atoms with Crippen LogP contribution in [0.3, 0.4) is 0 Å². The summed E-state index contributed by atoms with van der Waals surface area (Å²) in [7, 11) is 1.31. The number of phenolic OH excluding ortho intramolecular Hbond substituents is 1. The van der Waals surface area contributed by atoms with Gasteiger partial charge in [-0.1, -0.05) is 18.2 Å². The monoisotopic (exact) mass is 425 g/mol. The zero-order valence-corrected chi connectivity index (χ0v) is 17.5. The number of aryl methyl sites for hydroxylation is 1. The number of hydrogen-bond donors (Lipinski definition) is 3. The highest BCUT2D eigenvalue weighted by molar-refractivity contribution is 5.76. The highest BCUT2D eigenvalue weighted by atomic mass is 16.5. The van der Waals surface area contributed by atoms with E-state index in [1.54, 1.807) is 18.2 Å². The maximum atomic E-state index is 12.1. The summed E-state index contributed by atoms with van der Waals surface area (Å²) in [5.74, 6) is -0.413. The quantitative estimate of drug-likeness (QED) is 0.333. The highest BCUT2D eigenvalue weighted by Crippen LogP contribution is 2.23. The summed E-state index contributed by atoms with van der Waals surface area (Å²) in [4.78, 5) is 24.8. The van der Waals surface area contributed by atoms with E-state index in [-0.39, 0.29) is 11.7 Å². The van der Waals surface area contributed by atoms with Gasteiger partial charge in [-0.15, -0.1) is 15.0 Å². The van der Waals surface area contributed by atoms with E-state index in [9.17, 15) is 14.7 Å². The fourth-order valence-corrected chi connectivity index (χ4v) is 3.18. The molecule has 0 bridgehead atoms. The van der Waals surface area contributed by atoms with E-state index in [4.69, 9.17) is 5.73 Å². The van der Waals surface area contributed by atoms with E-state index in [1.807, 2.05) is 24.3 Å². The van der Waals surface area contributed by atoms with Crippen molar-refractivity contribution in [3.8, 4) is 11.4 Å². The maximum Gasteiger partial charge on any atom is 0.322 e. The number of unbranched alkanes of at least 4 members (excludes halogenated alkanes) is 1. The lowest BCUT2D eigenvalue weighted by atomic mass is 10.1. The van der Waals surface area contributed by atoms with E-state index >= 15 is 0 Å². The topological polar surface area (TPSA) is 132 Å². The number of methoxy groups -OCH3 is 1. The molecule has 0 unspecified atom stereocenters. The summed E-state index contributed by atoms with van der Waals surface area (Å²) in [5, 5.41) is 21.9. The van der Waals surface area contributed by atoms with Gasteiger partial charge >= 0.3 is 5.97 Å². The normalized spacial score (nSPS) is 11.9. The first-order valence-electron chi connectivity index (χ1n) is 10.2. The van der Waals surface area contributed by atoms with E-state index in [0.717, 1.165) is 29.4 Å². The number of amides is 1. The van der Waals surface area contributed by atoms with Gasteiger partial charge in [-0.3, -0.25) is 9.59 Å². The Kier molecular flexibility index (Phi) is 7.55. The average Bonchev–Trinajstić information content (AvgIpc) is 3.21. The fourth-order valence-electron chi connectivity index (χ4n) is 3.18. The second-order valence-corrected chi connectivity index (χ2v) is 7.28. The van der Waals surface area contributed by atoms with Gasteiger partial charge in [0.25, 0.3) is 0 Å². The van der Waals surface area contributed by atoms with Crippen molar-refractivity contribution < 1.29 is 19.4 Å². The summed E-state index contributed by atoms with van der Waals surface area (Å²) < 4.78 is 4.58. The van der Waals surface area contributed by atoms with Crippen molar-refractivity contribution in [2.75, 3.05) is 13.7 Å². The number of nitrogens with two attached hydrogens (primary N) is 1. The third-order valence-electron chi connectivity index (χ3n) is 4.95. The Morgan fingerprint density at radius 3 is 2.55 bits per heavy atom. The lowest BCUT2D eigenvalue weighted by Gasteiger charge is -2.09. The number of aromatic nitrogens is 3. The molecule has 3 rings (SSSR count). The van der Waals surface area contributed by atoms with Crippen molar-refractivity contribution >= 4 is 22.9 Å². The molecule has 31 heavy (non-hydrogen) atoms. The van der Waals surface area contributed by atoms with Gasteiger partial charge in [-0.2, -0.15) is 0 Å². The maximum absolute atomic E-state index is 12.1. The van der Waals surface area contributed by atoms with E-state index in [1.165, 1.54) is 11.9 Å². The van der Waals surface area contributed by atoms with Crippen LogP contribution in [-0.4, -0.2) is 51.7 Å². The molecule has 0 saturated heterocycles. The molecule has 0 spiro atoms. The zero-order chi connectivity index (χ0) is 22.2. The lowest BCUT2D eigenvalue weighted by molar-refractivity contribution is -0.142. The van der Waals surface area contributed by atoms with Gasteiger partial charge in [0, 0.05) is 13.0 Å². The van der Waals surface area contributed by atoms with Crippen LogP contribution < -0.4 is 11.1 Å². The Balaban J connectivity index is 1.48. The van der Waals surface area contributed by atoms with Crippen LogP contribution in [-0.2, 0) is 20.7 Å². The average molecular weight is 425 g/mol. The van der Waals surface area contributed by atoms with Crippen LogP contribution in [0.1, 0.15) is 31.2 Å². The molecule has 0 fully saturated rings. The molecule has 164 valence electrons. The number of nitrogens with zero attached hydrogens (tertiary/aromatic N) is 3. The van der Waals surface area contributed by atoms with Crippen LogP contribution in [0.15, 0.2) is 42.5 Å². The molecule has 0 aliphatic heterocycles. The molecule has 9 heteroatoms. The summed E-state index contributed by atoms with van der Waals surface area (Å²) >= 11 is 0. The van der Waals surface area contributed by atoms with Gasteiger partial charge in [0.1, 0.15) is 28.5 Å². The summed E-state index contributed by atoms with van der Waals surface area (Å²) in [6.07, 6.45) is 2.82. The number of aromatic hydroxyl groups is 1. The fraction of sp³-hybridized carbons (Fsp3) is 0.364. The van der Waals surface area contributed by atoms with Gasteiger partial charge in [-0.25, -0.2) is 0 Å². The first-order chi connectivity index (χ1) is 15.0. The minimum Gasteiger partial charge on any atom is -0.506 e. The van der Waals surface area contributed by atoms with Gasteiger partial charge in [-0.05, 0) is 55.5 Å². The largest absolute Gasteiger partial charge is 0.506 e. The third-order valence-corrected chi connectivity index (χ3v) is 4.95. The predicted molar refractivity (Wildman–Crippen MR) is 116 cm³/mol. The number of rotatable bonds is 10. The highest BCUT2D eigenvalue weighted by Gasteiger charge is 2.13. The van der Waals surface area contributed by atoms with Crippen molar-refractivity contribution in [3.63, 3.8) is 0 Å². The second kappa shape index (κ2) is 10.5. The van der Waals surface area contributed by atoms with Crippen molar-refractivity contribution in [1.29, 1.82) is 0 Å². The van der Waals surface area contributed by atoms with Crippen molar-refractivity contribution in [2.45, 2.75) is 38.1 Å². The third kappa shape index (κ3) is 6.02. The van der Waals surface area contributed by atoms with E-state index < -0.39 is 12.0 Å². The van der Waals surface area contributed by atoms with E-state index in [0.29, 0.717) is 31.5 Å². The van der Waals surface area contributed by atoms with Crippen LogP contribution in [0.25, 0.3) is 16.7 Å². The molecule has 0 saturated carbocycles. The summed E-state index contributed by atoms with van der Waals surface area (Å²) in [5.41, 5.74) is 8.51. The minimum absolute atomic E-state index is 0.0603. The Labute approximate surface area is 180 Å². The molecule has 4 N–H and O–H groups in total. The molecule has 2 aromatic carbocycles. The number of benzene rings is 2. The number of carbonyl (C=O) groups excluding carboxylic acids is 2. The number of fused-ring (bicyclic) bond motifs is 1. The number of esters is 1. The molecule has 1 atom stereocenters. The molecule has 3 aromatic rings. The number of hydrogen-bond acceptors (Lipinski definition) is 7. The predicted octanol–water partition coefficient (Wildman–Crippen LogP) is 1.85. The standard InChI is InChI=1S/C22H27N5O4/c1-31-22(30)16(23)6-4-5-13-24-21(29)12-10-15-9-11-20(28)19(14-15)27-25-17-7-2-3-8-18(17)26-27/h2-3,7-9,11,14,16,28H,4-6,10,12-13,23H2,1H3,(H,24,29)/t16-/m0/s1. The van der Waals surface area contributed by atoms with E-state index in [2.05, 4.69) is 20.3 Å². The van der Waals surface area contributed by atoms with Crippen LogP contribution >= 0.6 is 0 Å². The van der Waals surface area contributed by atoms with Gasteiger partial charge < -0.3 is 20.9 Å². The SMILES string of the molecule is COC(=O)[C@@H](N)CCCCNC(=O)CCc1ccc(O)c(-n2nc3ccccc3n2)c1. The molecule has 1 heterocycles. The number of phenols is 1. The zero-order valence-electron chi connectivity index (χ0n) is 17.5. The van der Waals surface area contributed by atoms with Gasteiger partial charge in [0.2, 0.25) is 5.91 Å². The molecule has 0 aliphatic carbocycles. The Bertz CT molecular complexity index is 1020. The molecular formula is C22H27N5O4. The van der Waals surface area contributed by atoms with Crippen LogP contribution in [0.2, 0.25) is 0 Å². The Morgan fingerprint density at radius 2 is 1.87 bits per heavy atom. The molecule has 0 radical (unpaired) electrons. The van der Waals surface area contributed by atoms with Crippen molar-refractivity contribution in [1.82, 2.24) is 20.3 Å². The van der Waals surface area contributed by atoms with Crippen LogP contribution in [0.4, 0.5) is 0 Å². The molecule has 9 nitrogen and oxygen atoms in total. The molecular weight excluding hydrogens is 398 g/mol. The first kappa shape index (κ1) is 22.2. The minimum atomic E-state index is -0.619. The van der Waals surface area contributed by atoms with Crippen LogP contribution in [0, 0.1) is 0 Å². The second-order valence-electron chi connectivity index (χ2n) is 7.28. The number of ether oxygens (including phenoxy) is 1. The lowest BCUT2D eigenvalue weighted by Crippen LogP contribution is -2.31. The molecule has 0 aliphatic rings. The number of carbonyl (C=O) groups is 2. The van der Waals surface area contributed by atoms with Gasteiger partial charge in [0.15, 0.2) is 0 Å². The molecule has 1 amide bonds. The Morgan fingerprint density at radius 1 is 1.16 bits per heavy atom. The summed E-state index contributed by atoms with van der Waals surface area (Å²) in [6, 6.07) is 12.0. The van der Waals surface area contributed by atoms with Crippen LogP contribution in [0.5, 0.6) is 5.75 Å².